The van der Waals surface area contributed by atoms with E-state index in [0.717, 1.165) is 10.3 Å². The van der Waals surface area contributed by atoms with Crippen molar-refractivity contribution in [1.82, 2.24) is 25.1 Å². The van der Waals surface area contributed by atoms with E-state index in [1.165, 1.54) is 23.7 Å². The number of nitrogens with one attached hydrogen (secondary N) is 2. The second kappa shape index (κ2) is 9.40. The molecule has 0 radical (unpaired) electrons. The maximum atomic E-state index is 14.4. The van der Waals surface area contributed by atoms with Gasteiger partial charge in [0, 0.05) is 36.3 Å². The highest BCUT2D eigenvalue weighted by atomic mass is 32.1. The maximum Gasteiger partial charge on any atom is 0.439 e. The summed E-state index contributed by atoms with van der Waals surface area (Å²) in [7, 11) is 0. The van der Waals surface area contributed by atoms with Crippen molar-refractivity contribution < 1.29 is 13.7 Å². The van der Waals surface area contributed by atoms with Crippen LogP contribution in [0.4, 0.5) is 10.2 Å². The summed E-state index contributed by atoms with van der Waals surface area (Å²) in [5.41, 5.74) is 1.91. The summed E-state index contributed by atoms with van der Waals surface area (Å²) in [5, 5.41) is 7.88. The van der Waals surface area contributed by atoms with Gasteiger partial charge in [0.1, 0.15) is 28.6 Å². The number of fused-ring (bicyclic) bond motifs is 1. The molecule has 0 amide bonds. The topological polar surface area (TPSA) is 119 Å². The van der Waals surface area contributed by atoms with Crippen LogP contribution >= 0.6 is 11.3 Å². The number of rotatable bonds is 8. The average Bonchev–Trinajstić information content (AvgIpc) is 3.46. The van der Waals surface area contributed by atoms with Crippen LogP contribution in [0.5, 0.6) is 5.75 Å². The largest absolute Gasteiger partial charge is 0.492 e. The lowest BCUT2D eigenvalue weighted by molar-refractivity contribution is 0.342. The molecule has 0 saturated heterocycles. The standard InChI is InChI=1S/C23H19FN6O3S/c1-2-32-18-11-19(34-21(18)22-29-23(31)33-30-22)17-10-20(28-12-27-17)26-7-5-13-8-14-4-3-6-25-16(14)9-15(13)24/h3-4,6,8-12H,2,5,7H2,1H3,(H,26,27,28)(H,29,30,31). The highest BCUT2D eigenvalue weighted by Gasteiger charge is 2.18. The zero-order chi connectivity index (χ0) is 23.5. The molecular formula is C23H19FN6O3S. The van der Waals surface area contributed by atoms with Gasteiger partial charge in [-0.25, -0.2) is 19.2 Å². The van der Waals surface area contributed by atoms with Crippen LogP contribution in [-0.2, 0) is 6.42 Å². The van der Waals surface area contributed by atoms with Gasteiger partial charge in [-0.3, -0.25) is 14.5 Å². The van der Waals surface area contributed by atoms with E-state index in [4.69, 9.17) is 4.74 Å². The monoisotopic (exact) mass is 478 g/mol. The lowest BCUT2D eigenvalue weighted by atomic mass is 10.1. The zero-order valence-corrected chi connectivity index (χ0v) is 18.9. The molecule has 0 aliphatic carbocycles. The Morgan fingerprint density at radius 1 is 1.21 bits per heavy atom. The molecule has 2 N–H and O–H groups in total. The summed E-state index contributed by atoms with van der Waals surface area (Å²) in [4.78, 5) is 28.2. The molecule has 0 atom stereocenters. The Balaban J connectivity index is 1.33. The van der Waals surface area contributed by atoms with Crippen LogP contribution in [0.15, 0.2) is 58.2 Å². The second-order valence-corrected chi connectivity index (χ2v) is 8.34. The van der Waals surface area contributed by atoms with Gasteiger partial charge in [-0.15, -0.1) is 11.3 Å². The summed E-state index contributed by atoms with van der Waals surface area (Å²) in [5.74, 6) is 0.554. The Bertz CT molecular complexity index is 1510. The zero-order valence-electron chi connectivity index (χ0n) is 18.0. The molecule has 5 aromatic rings. The molecular weight excluding hydrogens is 459 g/mol. The van der Waals surface area contributed by atoms with Crippen LogP contribution in [0, 0.1) is 5.82 Å². The minimum absolute atomic E-state index is 0.281. The molecule has 1 aromatic carbocycles. The summed E-state index contributed by atoms with van der Waals surface area (Å²) in [6, 6.07) is 10.7. The molecule has 172 valence electrons. The number of anilines is 1. The smallest absolute Gasteiger partial charge is 0.439 e. The van der Waals surface area contributed by atoms with Crippen molar-refractivity contribution in [2.24, 2.45) is 0 Å². The van der Waals surface area contributed by atoms with Gasteiger partial charge in [0.2, 0.25) is 0 Å². The molecule has 4 aromatic heterocycles. The number of hydrogen-bond donors (Lipinski definition) is 2. The minimum atomic E-state index is -0.639. The molecule has 0 saturated carbocycles. The van der Waals surface area contributed by atoms with Crippen LogP contribution in [-0.4, -0.2) is 38.2 Å². The molecule has 0 unspecified atom stereocenters. The number of hydrogen-bond acceptors (Lipinski definition) is 9. The number of halogens is 1. The van der Waals surface area contributed by atoms with Gasteiger partial charge < -0.3 is 10.1 Å². The first-order valence-corrected chi connectivity index (χ1v) is 11.3. The summed E-state index contributed by atoms with van der Waals surface area (Å²) >= 11 is 1.36. The fourth-order valence-electron chi connectivity index (χ4n) is 3.50. The van der Waals surface area contributed by atoms with Crippen molar-refractivity contribution in [2.75, 3.05) is 18.5 Å². The Morgan fingerprint density at radius 3 is 2.94 bits per heavy atom. The minimum Gasteiger partial charge on any atom is -0.492 e. The van der Waals surface area contributed by atoms with Gasteiger partial charge in [0.15, 0.2) is 5.82 Å². The van der Waals surface area contributed by atoms with Gasteiger partial charge in [0.05, 0.1) is 22.7 Å². The molecule has 0 aliphatic heterocycles. The van der Waals surface area contributed by atoms with Gasteiger partial charge in [0.25, 0.3) is 0 Å². The van der Waals surface area contributed by atoms with E-state index in [1.54, 1.807) is 12.3 Å². The molecule has 4 heterocycles. The van der Waals surface area contributed by atoms with E-state index < -0.39 is 5.76 Å². The number of nitrogens with zero attached hydrogens (tertiary/aromatic N) is 4. The first-order chi connectivity index (χ1) is 16.6. The summed E-state index contributed by atoms with van der Waals surface area (Å²) < 4.78 is 24.8. The molecule has 5 rings (SSSR count). The summed E-state index contributed by atoms with van der Waals surface area (Å²) in [6.45, 7) is 2.80. The highest BCUT2D eigenvalue weighted by Crippen LogP contribution is 2.41. The molecule has 34 heavy (non-hydrogen) atoms. The van der Waals surface area contributed by atoms with Crippen molar-refractivity contribution in [3.8, 4) is 27.0 Å². The third-order valence-electron chi connectivity index (χ3n) is 5.04. The fourth-order valence-corrected chi connectivity index (χ4v) is 4.51. The lowest BCUT2D eigenvalue weighted by Gasteiger charge is -2.08. The molecule has 0 fully saturated rings. The number of H-pyrrole nitrogens is 1. The Hall–Kier alpha value is -4.12. The third-order valence-corrected chi connectivity index (χ3v) is 6.19. The van der Waals surface area contributed by atoms with Crippen molar-refractivity contribution in [3.05, 3.63) is 70.9 Å². The van der Waals surface area contributed by atoms with Crippen molar-refractivity contribution in [2.45, 2.75) is 13.3 Å². The normalized spacial score (nSPS) is 11.1. The molecule has 0 spiro atoms. The first-order valence-electron chi connectivity index (χ1n) is 10.5. The van der Waals surface area contributed by atoms with Gasteiger partial charge in [-0.1, -0.05) is 11.2 Å². The quantitative estimate of drug-likeness (QED) is 0.339. The van der Waals surface area contributed by atoms with Crippen molar-refractivity contribution in [3.63, 3.8) is 0 Å². The predicted octanol–water partition coefficient (Wildman–Crippen LogP) is 4.29. The van der Waals surface area contributed by atoms with Crippen LogP contribution in [0.2, 0.25) is 0 Å². The van der Waals surface area contributed by atoms with Gasteiger partial charge in [-0.2, -0.15) is 0 Å². The fraction of sp³-hybridized carbons (Fsp3) is 0.174. The molecule has 0 aliphatic rings. The third kappa shape index (κ3) is 4.50. The number of thiophene rings is 1. The van der Waals surface area contributed by atoms with E-state index in [-0.39, 0.29) is 5.82 Å². The van der Waals surface area contributed by atoms with E-state index in [1.807, 2.05) is 31.2 Å². The lowest BCUT2D eigenvalue weighted by Crippen LogP contribution is -2.08. The van der Waals surface area contributed by atoms with Crippen LogP contribution in [0.1, 0.15) is 12.5 Å². The number of aromatic amines is 1. The Kier molecular flexibility index (Phi) is 6.00. The predicted molar refractivity (Wildman–Crippen MR) is 127 cm³/mol. The van der Waals surface area contributed by atoms with Crippen LogP contribution in [0.25, 0.3) is 32.2 Å². The SMILES string of the molecule is CCOc1cc(-c2cc(NCCc3cc4cccnc4cc3F)ncn2)sc1-c1noc(=O)[nH]1. The molecule has 11 heteroatoms. The maximum absolute atomic E-state index is 14.4. The van der Waals surface area contributed by atoms with Crippen LogP contribution in [0.3, 0.4) is 0 Å². The van der Waals surface area contributed by atoms with E-state index in [0.29, 0.717) is 58.6 Å². The van der Waals surface area contributed by atoms with E-state index in [2.05, 4.69) is 34.9 Å². The average molecular weight is 479 g/mol. The number of aromatic nitrogens is 5. The summed E-state index contributed by atoms with van der Waals surface area (Å²) in [6.07, 6.45) is 3.58. The Morgan fingerprint density at radius 2 is 2.12 bits per heavy atom. The highest BCUT2D eigenvalue weighted by molar-refractivity contribution is 7.19. The number of ether oxygens (including phenoxy) is 1. The second-order valence-electron chi connectivity index (χ2n) is 7.29. The number of pyridine rings is 1. The molecule has 0 bridgehead atoms. The first kappa shape index (κ1) is 21.7. The van der Waals surface area contributed by atoms with Crippen molar-refractivity contribution >= 4 is 28.1 Å². The van der Waals surface area contributed by atoms with Gasteiger partial charge >= 0.3 is 5.76 Å². The van der Waals surface area contributed by atoms with E-state index >= 15 is 0 Å². The van der Waals surface area contributed by atoms with E-state index in [9.17, 15) is 9.18 Å². The molecule has 9 nitrogen and oxygen atoms in total. The van der Waals surface area contributed by atoms with Gasteiger partial charge in [-0.05, 0) is 31.0 Å². The van der Waals surface area contributed by atoms with Crippen molar-refractivity contribution in [1.29, 1.82) is 0 Å². The number of benzene rings is 1. The Labute approximate surface area is 196 Å². The van der Waals surface area contributed by atoms with Crippen LogP contribution < -0.4 is 15.8 Å².